The first kappa shape index (κ1) is 15.8. The molecule has 0 saturated carbocycles. The first-order chi connectivity index (χ1) is 11.1. The molecule has 0 aliphatic carbocycles. The third-order valence-electron chi connectivity index (χ3n) is 4.61. The van der Waals surface area contributed by atoms with E-state index in [9.17, 15) is 4.79 Å². The summed E-state index contributed by atoms with van der Waals surface area (Å²) < 4.78 is 0. The van der Waals surface area contributed by atoms with Crippen LogP contribution in [0.3, 0.4) is 0 Å². The van der Waals surface area contributed by atoms with Crippen LogP contribution in [0.1, 0.15) is 45.5 Å². The number of aryl methyl sites for hydroxylation is 1. The van der Waals surface area contributed by atoms with Gasteiger partial charge in [-0.25, -0.2) is 0 Å². The molecule has 0 spiro atoms. The number of hydrogen-bond acceptors (Lipinski definition) is 2. The van der Waals surface area contributed by atoms with Crippen molar-refractivity contribution >= 4 is 5.91 Å². The lowest BCUT2D eigenvalue weighted by Crippen LogP contribution is -2.31. The maximum absolute atomic E-state index is 12.6. The summed E-state index contributed by atoms with van der Waals surface area (Å²) in [4.78, 5) is 12.6. The van der Waals surface area contributed by atoms with Gasteiger partial charge in [0, 0.05) is 18.7 Å². The summed E-state index contributed by atoms with van der Waals surface area (Å²) in [5, 5.41) is 6.45. The van der Waals surface area contributed by atoms with E-state index >= 15 is 0 Å². The number of carbonyl (C=O) groups excluding carboxylic acids is 1. The Morgan fingerprint density at radius 1 is 1.22 bits per heavy atom. The van der Waals surface area contributed by atoms with Gasteiger partial charge in [-0.05, 0) is 48.6 Å². The van der Waals surface area contributed by atoms with Gasteiger partial charge in [0.1, 0.15) is 0 Å². The van der Waals surface area contributed by atoms with Crippen molar-refractivity contribution in [1.29, 1.82) is 0 Å². The summed E-state index contributed by atoms with van der Waals surface area (Å²) in [5.74, 6) is 0.335. The minimum absolute atomic E-state index is 0.0320. The number of rotatable bonds is 4. The first-order valence-corrected chi connectivity index (χ1v) is 8.31. The third kappa shape index (κ3) is 3.62. The Morgan fingerprint density at radius 3 is 2.78 bits per heavy atom. The fraction of sp³-hybridized carbons (Fsp3) is 0.350. The van der Waals surface area contributed by atoms with E-state index in [4.69, 9.17) is 0 Å². The Balaban J connectivity index is 1.67. The normalized spacial score (nSPS) is 14.9. The molecule has 2 N–H and O–H groups in total. The molecule has 1 unspecified atom stereocenters. The van der Waals surface area contributed by atoms with Crippen LogP contribution < -0.4 is 10.6 Å². The third-order valence-corrected chi connectivity index (χ3v) is 4.61. The van der Waals surface area contributed by atoms with E-state index in [1.54, 1.807) is 0 Å². The van der Waals surface area contributed by atoms with Crippen LogP contribution in [0.4, 0.5) is 0 Å². The van der Waals surface area contributed by atoms with Crippen molar-refractivity contribution in [2.24, 2.45) is 0 Å². The quantitative estimate of drug-likeness (QED) is 0.911. The maximum Gasteiger partial charge on any atom is 0.251 e. The lowest BCUT2D eigenvalue weighted by molar-refractivity contribution is 0.0950. The van der Waals surface area contributed by atoms with Crippen LogP contribution in [0.5, 0.6) is 0 Å². The molecule has 3 rings (SSSR count). The molecule has 2 aromatic rings. The fourth-order valence-electron chi connectivity index (χ4n) is 3.08. The summed E-state index contributed by atoms with van der Waals surface area (Å²) in [6, 6.07) is 14.6. The second kappa shape index (κ2) is 6.97. The highest BCUT2D eigenvalue weighted by molar-refractivity contribution is 5.96. The SMILES string of the molecule is Cc1ccc(C(C)CNC(=O)c2cccc3c2CNCC3)cc1. The Labute approximate surface area is 138 Å². The average molecular weight is 308 g/mol. The van der Waals surface area contributed by atoms with Gasteiger partial charge in [0.15, 0.2) is 0 Å². The van der Waals surface area contributed by atoms with E-state index in [1.807, 2.05) is 12.1 Å². The van der Waals surface area contributed by atoms with Gasteiger partial charge in [0.2, 0.25) is 0 Å². The Morgan fingerprint density at radius 2 is 2.00 bits per heavy atom. The number of nitrogens with one attached hydrogen (secondary N) is 2. The highest BCUT2D eigenvalue weighted by Crippen LogP contribution is 2.19. The minimum Gasteiger partial charge on any atom is -0.351 e. The number of amides is 1. The second-order valence-electron chi connectivity index (χ2n) is 6.39. The number of fused-ring (bicyclic) bond motifs is 1. The van der Waals surface area contributed by atoms with Crippen LogP contribution in [0, 0.1) is 6.92 Å². The summed E-state index contributed by atoms with van der Waals surface area (Å²) in [6.07, 6.45) is 0.996. The highest BCUT2D eigenvalue weighted by Gasteiger charge is 2.17. The van der Waals surface area contributed by atoms with Gasteiger partial charge in [-0.15, -0.1) is 0 Å². The van der Waals surface area contributed by atoms with E-state index in [0.29, 0.717) is 12.5 Å². The van der Waals surface area contributed by atoms with E-state index in [-0.39, 0.29) is 5.91 Å². The second-order valence-corrected chi connectivity index (χ2v) is 6.39. The highest BCUT2D eigenvalue weighted by atomic mass is 16.1. The van der Waals surface area contributed by atoms with Gasteiger partial charge in [-0.2, -0.15) is 0 Å². The maximum atomic E-state index is 12.6. The van der Waals surface area contributed by atoms with Gasteiger partial charge >= 0.3 is 0 Å². The van der Waals surface area contributed by atoms with Gasteiger partial charge in [-0.1, -0.05) is 48.9 Å². The Kier molecular flexibility index (Phi) is 4.77. The molecule has 3 nitrogen and oxygen atoms in total. The molecule has 0 bridgehead atoms. The van der Waals surface area contributed by atoms with Gasteiger partial charge in [0.25, 0.3) is 5.91 Å². The number of benzene rings is 2. The molecule has 0 saturated heterocycles. The molecule has 1 atom stereocenters. The first-order valence-electron chi connectivity index (χ1n) is 8.31. The van der Waals surface area contributed by atoms with Gasteiger partial charge in [-0.3, -0.25) is 4.79 Å². The van der Waals surface area contributed by atoms with Crippen molar-refractivity contribution in [1.82, 2.24) is 10.6 Å². The standard InChI is InChI=1S/C20H24N2O/c1-14-6-8-16(9-7-14)15(2)12-22-20(23)18-5-3-4-17-10-11-21-13-19(17)18/h3-9,15,21H,10-13H2,1-2H3,(H,22,23). The van der Waals surface area contributed by atoms with Crippen molar-refractivity contribution in [3.8, 4) is 0 Å². The molecule has 1 heterocycles. The molecular formula is C20H24N2O. The summed E-state index contributed by atoms with van der Waals surface area (Å²) in [5.41, 5.74) is 5.77. The molecule has 120 valence electrons. The minimum atomic E-state index is 0.0320. The smallest absolute Gasteiger partial charge is 0.251 e. The molecule has 0 fully saturated rings. The van der Waals surface area contributed by atoms with Crippen LogP contribution in [0.15, 0.2) is 42.5 Å². The van der Waals surface area contributed by atoms with E-state index in [0.717, 1.165) is 30.6 Å². The molecule has 1 aliphatic rings. The van der Waals surface area contributed by atoms with Crippen molar-refractivity contribution in [3.63, 3.8) is 0 Å². The zero-order valence-corrected chi connectivity index (χ0v) is 13.9. The predicted octanol–water partition coefficient (Wildman–Crippen LogP) is 3.17. The zero-order chi connectivity index (χ0) is 16.2. The van der Waals surface area contributed by atoms with Crippen LogP contribution >= 0.6 is 0 Å². The summed E-state index contributed by atoms with van der Waals surface area (Å²) in [6.45, 7) is 6.66. The summed E-state index contributed by atoms with van der Waals surface area (Å²) in [7, 11) is 0. The lowest BCUT2D eigenvalue weighted by Gasteiger charge is -2.20. The predicted molar refractivity (Wildman–Crippen MR) is 93.8 cm³/mol. The van der Waals surface area contributed by atoms with Crippen molar-refractivity contribution < 1.29 is 4.79 Å². The van der Waals surface area contributed by atoms with E-state index in [2.05, 4.69) is 54.8 Å². The van der Waals surface area contributed by atoms with Crippen molar-refractivity contribution in [3.05, 3.63) is 70.3 Å². The van der Waals surface area contributed by atoms with Crippen LogP contribution in [0.25, 0.3) is 0 Å². The monoisotopic (exact) mass is 308 g/mol. The Bertz CT molecular complexity index is 691. The van der Waals surface area contributed by atoms with E-state index < -0.39 is 0 Å². The van der Waals surface area contributed by atoms with E-state index in [1.165, 1.54) is 16.7 Å². The molecule has 3 heteroatoms. The number of carbonyl (C=O) groups is 1. The van der Waals surface area contributed by atoms with Crippen molar-refractivity contribution in [2.75, 3.05) is 13.1 Å². The molecule has 0 aromatic heterocycles. The molecule has 0 radical (unpaired) electrons. The summed E-state index contributed by atoms with van der Waals surface area (Å²) >= 11 is 0. The van der Waals surface area contributed by atoms with Gasteiger partial charge < -0.3 is 10.6 Å². The van der Waals surface area contributed by atoms with Crippen LogP contribution in [0.2, 0.25) is 0 Å². The van der Waals surface area contributed by atoms with Crippen molar-refractivity contribution in [2.45, 2.75) is 32.7 Å². The molecular weight excluding hydrogens is 284 g/mol. The zero-order valence-electron chi connectivity index (χ0n) is 13.9. The Hall–Kier alpha value is -2.13. The number of hydrogen-bond donors (Lipinski definition) is 2. The van der Waals surface area contributed by atoms with Crippen LogP contribution in [-0.2, 0) is 13.0 Å². The van der Waals surface area contributed by atoms with Crippen LogP contribution in [-0.4, -0.2) is 19.0 Å². The molecule has 2 aromatic carbocycles. The average Bonchev–Trinajstić information content (AvgIpc) is 2.59. The lowest BCUT2D eigenvalue weighted by atomic mass is 9.95. The topological polar surface area (TPSA) is 41.1 Å². The molecule has 23 heavy (non-hydrogen) atoms. The van der Waals surface area contributed by atoms with Gasteiger partial charge in [0.05, 0.1) is 0 Å². The fourth-order valence-corrected chi connectivity index (χ4v) is 3.08. The molecule has 1 amide bonds. The molecule has 1 aliphatic heterocycles. The largest absolute Gasteiger partial charge is 0.351 e.